The summed E-state index contributed by atoms with van der Waals surface area (Å²) in [6, 6.07) is 13.8. The van der Waals surface area contributed by atoms with Crippen LogP contribution in [0.25, 0.3) is 11.0 Å². The molecule has 0 spiro atoms. The largest absolute Gasteiger partial charge is 0.423 e. The van der Waals surface area contributed by atoms with E-state index in [1.165, 1.54) is 23.1 Å². The number of benzene rings is 2. The number of hydrogen-bond acceptors (Lipinski definition) is 4. The predicted molar refractivity (Wildman–Crippen MR) is 98.0 cm³/mol. The number of anilines is 2. The van der Waals surface area contributed by atoms with Gasteiger partial charge >= 0.3 is 5.63 Å². The summed E-state index contributed by atoms with van der Waals surface area (Å²) in [5, 5.41) is 3.44. The summed E-state index contributed by atoms with van der Waals surface area (Å²) in [6.07, 6.45) is 0.0165. The molecule has 0 bridgehead atoms. The molecule has 0 aliphatic carbocycles. The number of fused-ring (bicyclic) bond motifs is 1. The van der Waals surface area contributed by atoms with Crippen LogP contribution in [0.1, 0.15) is 6.42 Å². The Balaban J connectivity index is 1.50. The molecule has 2 amide bonds. The van der Waals surface area contributed by atoms with Gasteiger partial charge in [-0.2, -0.15) is 0 Å². The Kier molecular flexibility index (Phi) is 4.19. The first-order valence-electron chi connectivity index (χ1n) is 8.41. The van der Waals surface area contributed by atoms with E-state index in [-0.39, 0.29) is 30.5 Å². The number of para-hydroxylation sites is 1. The summed E-state index contributed by atoms with van der Waals surface area (Å²) in [6.45, 7) is 0.119. The molecule has 136 valence electrons. The Morgan fingerprint density at radius 1 is 1.11 bits per heavy atom. The zero-order valence-electron chi connectivity index (χ0n) is 14.1. The van der Waals surface area contributed by atoms with Crippen LogP contribution in [0.5, 0.6) is 0 Å². The van der Waals surface area contributed by atoms with E-state index >= 15 is 0 Å². The third-order valence-electron chi connectivity index (χ3n) is 4.53. The zero-order valence-corrected chi connectivity index (χ0v) is 14.1. The number of amides is 2. The van der Waals surface area contributed by atoms with Crippen LogP contribution < -0.4 is 15.8 Å². The van der Waals surface area contributed by atoms with Crippen LogP contribution in [0.2, 0.25) is 0 Å². The van der Waals surface area contributed by atoms with Gasteiger partial charge in [-0.05, 0) is 36.4 Å². The maximum absolute atomic E-state index is 13.9. The van der Waals surface area contributed by atoms with Gasteiger partial charge in [-0.3, -0.25) is 9.59 Å². The Bertz CT molecular complexity index is 1110. The Morgan fingerprint density at radius 2 is 1.93 bits per heavy atom. The first kappa shape index (κ1) is 17.0. The van der Waals surface area contributed by atoms with Crippen LogP contribution in [0.4, 0.5) is 15.8 Å². The average molecular weight is 366 g/mol. The molecule has 1 fully saturated rings. The Hall–Kier alpha value is -3.48. The summed E-state index contributed by atoms with van der Waals surface area (Å²) < 4.78 is 19.0. The molecule has 0 radical (unpaired) electrons. The first-order chi connectivity index (χ1) is 13.0. The van der Waals surface area contributed by atoms with E-state index < -0.39 is 17.4 Å². The highest BCUT2D eigenvalue weighted by atomic mass is 19.1. The molecule has 27 heavy (non-hydrogen) atoms. The van der Waals surface area contributed by atoms with E-state index in [2.05, 4.69) is 5.32 Å². The van der Waals surface area contributed by atoms with Crippen molar-refractivity contribution in [3.63, 3.8) is 0 Å². The van der Waals surface area contributed by atoms with Crippen molar-refractivity contribution < 1.29 is 18.4 Å². The summed E-state index contributed by atoms with van der Waals surface area (Å²) in [7, 11) is 0. The smallest absolute Gasteiger partial charge is 0.336 e. The normalized spacial score (nSPS) is 16.7. The molecule has 1 aliphatic heterocycles. The lowest BCUT2D eigenvalue weighted by atomic mass is 10.1. The van der Waals surface area contributed by atoms with E-state index in [0.717, 1.165) is 0 Å². The first-order valence-corrected chi connectivity index (χ1v) is 8.41. The molecule has 2 heterocycles. The predicted octanol–water partition coefficient (Wildman–Crippen LogP) is 2.92. The number of nitrogens with one attached hydrogen (secondary N) is 1. The molecule has 6 nitrogen and oxygen atoms in total. The standard InChI is InChI=1S/C20H15FN2O4/c21-15-3-1-2-4-16(15)23-11-13(10-18(23)24)20(26)22-14-6-7-17-12(9-14)5-8-19(25)27-17/h1-9,13H,10-11H2,(H,22,26)/t13-/m1/s1. The fourth-order valence-corrected chi connectivity index (χ4v) is 3.18. The molecule has 1 aromatic heterocycles. The lowest BCUT2D eigenvalue weighted by molar-refractivity contribution is -0.122. The van der Waals surface area contributed by atoms with Crippen LogP contribution in [0.3, 0.4) is 0 Å². The third kappa shape index (κ3) is 3.31. The SMILES string of the molecule is O=C(Nc1ccc2oc(=O)ccc2c1)[C@@H]1CC(=O)N(c2ccccc2F)C1. The number of halogens is 1. The van der Waals surface area contributed by atoms with Crippen LogP contribution in [0.15, 0.2) is 63.8 Å². The van der Waals surface area contributed by atoms with Crippen molar-refractivity contribution in [3.8, 4) is 0 Å². The second-order valence-corrected chi connectivity index (χ2v) is 6.35. The third-order valence-corrected chi connectivity index (χ3v) is 4.53. The van der Waals surface area contributed by atoms with Gasteiger partial charge in [0.2, 0.25) is 11.8 Å². The van der Waals surface area contributed by atoms with Crippen molar-refractivity contribution in [1.29, 1.82) is 0 Å². The maximum atomic E-state index is 13.9. The van der Waals surface area contributed by atoms with E-state index in [0.29, 0.717) is 16.7 Å². The number of rotatable bonds is 3. The molecule has 3 aromatic rings. The summed E-state index contributed by atoms with van der Waals surface area (Å²) >= 11 is 0. The molecule has 0 unspecified atom stereocenters. The van der Waals surface area contributed by atoms with Gasteiger partial charge in [0.15, 0.2) is 0 Å². The average Bonchev–Trinajstić information content (AvgIpc) is 3.04. The van der Waals surface area contributed by atoms with Crippen molar-refractivity contribution >= 4 is 34.2 Å². The van der Waals surface area contributed by atoms with Gasteiger partial charge in [0.25, 0.3) is 0 Å². The zero-order chi connectivity index (χ0) is 19.0. The monoisotopic (exact) mass is 366 g/mol. The number of carbonyl (C=O) groups is 2. The van der Waals surface area contributed by atoms with Gasteiger partial charge in [0.05, 0.1) is 11.6 Å². The van der Waals surface area contributed by atoms with Gasteiger partial charge in [0.1, 0.15) is 11.4 Å². The highest BCUT2D eigenvalue weighted by molar-refractivity contribution is 6.04. The number of hydrogen-bond donors (Lipinski definition) is 1. The molecular formula is C20H15FN2O4. The molecular weight excluding hydrogens is 351 g/mol. The van der Waals surface area contributed by atoms with Gasteiger partial charge in [-0.15, -0.1) is 0 Å². The fraction of sp³-hybridized carbons (Fsp3) is 0.150. The lowest BCUT2D eigenvalue weighted by Crippen LogP contribution is -2.28. The number of carbonyl (C=O) groups excluding carboxylic acids is 2. The molecule has 2 aromatic carbocycles. The summed E-state index contributed by atoms with van der Waals surface area (Å²) in [5.41, 5.74) is 0.677. The molecule has 1 N–H and O–H groups in total. The van der Waals surface area contributed by atoms with Crippen molar-refractivity contribution in [2.75, 3.05) is 16.8 Å². The van der Waals surface area contributed by atoms with E-state index in [1.807, 2.05) is 0 Å². The topological polar surface area (TPSA) is 79.6 Å². The summed E-state index contributed by atoms with van der Waals surface area (Å²) in [5.74, 6) is -1.69. The molecule has 1 atom stereocenters. The van der Waals surface area contributed by atoms with Crippen LogP contribution in [-0.4, -0.2) is 18.4 Å². The fourth-order valence-electron chi connectivity index (χ4n) is 3.18. The Labute approximate surface area is 153 Å². The molecule has 4 rings (SSSR count). The second-order valence-electron chi connectivity index (χ2n) is 6.35. The highest BCUT2D eigenvalue weighted by Crippen LogP contribution is 2.28. The molecule has 1 aliphatic rings. The maximum Gasteiger partial charge on any atom is 0.336 e. The van der Waals surface area contributed by atoms with Crippen molar-refractivity contribution in [3.05, 3.63) is 70.8 Å². The number of nitrogens with zero attached hydrogens (tertiary/aromatic N) is 1. The van der Waals surface area contributed by atoms with Crippen LogP contribution in [0, 0.1) is 11.7 Å². The van der Waals surface area contributed by atoms with Gasteiger partial charge in [-0.25, -0.2) is 9.18 Å². The molecule has 7 heteroatoms. The molecule has 0 saturated carbocycles. The lowest BCUT2D eigenvalue weighted by Gasteiger charge is -2.17. The minimum absolute atomic E-state index is 0.0165. The summed E-state index contributed by atoms with van der Waals surface area (Å²) in [4.78, 5) is 37.3. The van der Waals surface area contributed by atoms with Crippen molar-refractivity contribution in [2.24, 2.45) is 5.92 Å². The molecule has 1 saturated heterocycles. The van der Waals surface area contributed by atoms with Gasteiger partial charge in [-0.1, -0.05) is 12.1 Å². The minimum atomic E-state index is -0.582. The van der Waals surface area contributed by atoms with Gasteiger partial charge in [0, 0.05) is 30.1 Å². The van der Waals surface area contributed by atoms with E-state index in [1.54, 1.807) is 36.4 Å². The minimum Gasteiger partial charge on any atom is -0.423 e. The quantitative estimate of drug-likeness (QED) is 0.723. The van der Waals surface area contributed by atoms with Gasteiger partial charge < -0.3 is 14.6 Å². The second kappa shape index (κ2) is 6.68. The van der Waals surface area contributed by atoms with Crippen molar-refractivity contribution in [1.82, 2.24) is 0 Å². The van der Waals surface area contributed by atoms with E-state index in [4.69, 9.17) is 4.42 Å². The Morgan fingerprint density at radius 3 is 2.74 bits per heavy atom. The van der Waals surface area contributed by atoms with Crippen LogP contribution in [-0.2, 0) is 9.59 Å². The van der Waals surface area contributed by atoms with E-state index in [9.17, 15) is 18.8 Å². The van der Waals surface area contributed by atoms with Crippen molar-refractivity contribution in [2.45, 2.75) is 6.42 Å². The van der Waals surface area contributed by atoms with Crippen LogP contribution >= 0.6 is 0 Å². The highest BCUT2D eigenvalue weighted by Gasteiger charge is 2.36.